The van der Waals surface area contributed by atoms with Gasteiger partial charge < -0.3 is 9.64 Å². The maximum atomic E-state index is 13.4. The van der Waals surface area contributed by atoms with Crippen molar-refractivity contribution >= 4 is 33.6 Å². The Labute approximate surface area is 176 Å². The fourth-order valence-corrected chi connectivity index (χ4v) is 3.98. The lowest BCUT2D eigenvalue weighted by atomic mass is 9.88. The van der Waals surface area contributed by atoms with Gasteiger partial charge in [-0.25, -0.2) is 0 Å². The summed E-state index contributed by atoms with van der Waals surface area (Å²) in [5, 5.41) is 0. The number of benzene rings is 2. The molecule has 3 rings (SSSR count). The minimum atomic E-state index is 0.136. The standard InChI is InChI=1S/C24H28BrNO2/c1-28-16-6-8-19-7-5-11-23(17-19)26(18-20-12-14-22(25)15-13-20)24(27)21-9-3-2-4-10-21/h5-8,11-15,17,21H,2-4,9-10,16,18H2,1H3. The van der Waals surface area contributed by atoms with E-state index in [4.69, 9.17) is 4.74 Å². The number of methoxy groups -OCH3 is 1. The third-order valence-corrected chi connectivity index (χ3v) is 5.76. The number of hydrogen-bond acceptors (Lipinski definition) is 2. The van der Waals surface area contributed by atoms with Crippen LogP contribution in [0.3, 0.4) is 0 Å². The van der Waals surface area contributed by atoms with Gasteiger partial charge in [-0.05, 0) is 48.2 Å². The fourth-order valence-electron chi connectivity index (χ4n) is 3.72. The zero-order chi connectivity index (χ0) is 19.8. The van der Waals surface area contributed by atoms with E-state index in [1.54, 1.807) is 7.11 Å². The predicted molar refractivity (Wildman–Crippen MR) is 119 cm³/mol. The topological polar surface area (TPSA) is 29.5 Å². The first-order chi connectivity index (χ1) is 13.7. The van der Waals surface area contributed by atoms with Gasteiger partial charge in [0.2, 0.25) is 5.91 Å². The fraction of sp³-hybridized carbons (Fsp3) is 0.375. The molecule has 148 valence electrons. The van der Waals surface area contributed by atoms with E-state index < -0.39 is 0 Å². The molecule has 0 unspecified atom stereocenters. The van der Waals surface area contributed by atoms with Crippen molar-refractivity contribution in [2.75, 3.05) is 18.6 Å². The van der Waals surface area contributed by atoms with Gasteiger partial charge in [-0.2, -0.15) is 0 Å². The van der Waals surface area contributed by atoms with Crippen molar-refractivity contribution in [3.63, 3.8) is 0 Å². The molecule has 28 heavy (non-hydrogen) atoms. The van der Waals surface area contributed by atoms with Crippen LogP contribution in [0.2, 0.25) is 0 Å². The second-order valence-electron chi connectivity index (χ2n) is 7.34. The molecule has 2 aromatic rings. The highest BCUT2D eigenvalue weighted by molar-refractivity contribution is 9.10. The first kappa shape index (κ1) is 20.8. The third kappa shape index (κ3) is 5.79. The highest BCUT2D eigenvalue weighted by Crippen LogP contribution is 2.29. The zero-order valence-electron chi connectivity index (χ0n) is 16.4. The van der Waals surface area contributed by atoms with E-state index in [2.05, 4.69) is 40.2 Å². The first-order valence-corrected chi connectivity index (χ1v) is 10.8. The molecule has 0 atom stereocenters. The van der Waals surface area contributed by atoms with Crippen LogP contribution in [0.15, 0.2) is 59.1 Å². The first-order valence-electron chi connectivity index (χ1n) is 9.99. The van der Waals surface area contributed by atoms with E-state index in [1.807, 2.05) is 41.3 Å². The molecule has 1 aliphatic rings. The lowest BCUT2D eigenvalue weighted by Gasteiger charge is -2.30. The number of carbonyl (C=O) groups is 1. The number of anilines is 1. The van der Waals surface area contributed by atoms with Gasteiger partial charge in [-0.3, -0.25) is 4.79 Å². The van der Waals surface area contributed by atoms with Crippen LogP contribution in [-0.2, 0) is 16.1 Å². The molecule has 1 fully saturated rings. The van der Waals surface area contributed by atoms with Gasteiger partial charge in [0.05, 0.1) is 13.2 Å². The van der Waals surface area contributed by atoms with Crippen molar-refractivity contribution < 1.29 is 9.53 Å². The molecule has 0 spiro atoms. The molecule has 1 aliphatic carbocycles. The monoisotopic (exact) mass is 441 g/mol. The average molecular weight is 442 g/mol. The number of rotatable bonds is 7. The number of hydrogen-bond donors (Lipinski definition) is 0. The summed E-state index contributed by atoms with van der Waals surface area (Å²) >= 11 is 3.49. The van der Waals surface area contributed by atoms with Gasteiger partial charge >= 0.3 is 0 Å². The maximum absolute atomic E-state index is 13.4. The van der Waals surface area contributed by atoms with Crippen LogP contribution in [0.4, 0.5) is 5.69 Å². The number of halogens is 1. The van der Waals surface area contributed by atoms with Crippen molar-refractivity contribution in [3.8, 4) is 0 Å². The normalized spacial score (nSPS) is 15.1. The van der Waals surface area contributed by atoms with Crippen molar-refractivity contribution in [2.45, 2.75) is 38.6 Å². The van der Waals surface area contributed by atoms with Crippen LogP contribution in [0.1, 0.15) is 43.2 Å². The SMILES string of the molecule is COCC=Cc1cccc(N(Cc2ccc(Br)cc2)C(=O)C2CCCCC2)c1. The molecule has 0 aliphatic heterocycles. The van der Waals surface area contributed by atoms with E-state index in [-0.39, 0.29) is 11.8 Å². The van der Waals surface area contributed by atoms with Crippen LogP contribution >= 0.6 is 15.9 Å². The number of nitrogens with zero attached hydrogens (tertiary/aromatic N) is 1. The van der Waals surface area contributed by atoms with Gasteiger partial charge in [0.15, 0.2) is 0 Å². The largest absolute Gasteiger partial charge is 0.381 e. The average Bonchev–Trinajstić information content (AvgIpc) is 2.74. The van der Waals surface area contributed by atoms with Crippen LogP contribution < -0.4 is 4.90 Å². The molecular formula is C24H28BrNO2. The molecule has 0 heterocycles. The van der Waals surface area contributed by atoms with Crippen molar-refractivity contribution in [1.82, 2.24) is 0 Å². The molecule has 0 N–H and O–H groups in total. The molecular weight excluding hydrogens is 414 g/mol. The van der Waals surface area contributed by atoms with E-state index in [0.717, 1.165) is 47.0 Å². The number of carbonyl (C=O) groups excluding carboxylic acids is 1. The Morgan fingerprint density at radius 1 is 1.14 bits per heavy atom. The van der Waals surface area contributed by atoms with Crippen molar-refractivity contribution in [2.24, 2.45) is 5.92 Å². The quantitative estimate of drug-likeness (QED) is 0.509. The van der Waals surface area contributed by atoms with Crippen molar-refractivity contribution in [3.05, 3.63) is 70.2 Å². The summed E-state index contributed by atoms with van der Waals surface area (Å²) in [7, 11) is 1.68. The van der Waals surface area contributed by atoms with Crippen LogP contribution in [0.25, 0.3) is 6.08 Å². The molecule has 0 radical (unpaired) electrons. The Morgan fingerprint density at radius 3 is 2.61 bits per heavy atom. The summed E-state index contributed by atoms with van der Waals surface area (Å²) in [6.45, 7) is 1.17. The summed E-state index contributed by atoms with van der Waals surface area (Å²) in [6.07, 6.45) is 9.59. The summed E-state index contributed by atoms with van der Waals surface area (Å²) in [4.78, 5) is 15.4. The zero-order valence-corrected chi connectivity index (χ0v) is 18.0. The third-order valence-electron chi connectivity index (χ3n) is 5.23. The van der Waals surface area contributed by atoms with E-state index >= 15 is 0 Å². The maximum Gasteiger partial charge on any atom is 0.230 e. The Morgan fingerprint density at radius 2 is 1.89 bits per heavy atom. The molecule has 3 nitrogen and oxygen atoms in total. The molecule has 1 amide bonds. The summed E-state index contributed by atoms with van der Waals surface area (Å²) in [6, 6.07) is 16.4. The summed E-state index contributed by atoms with van der Waals surface area (Å²) < 4.78 is 6.14. The smallest absolute Gasteiger partial charge is 0.230 e. The van der Waals surface area contributed by atoms with Crippen LogP contribution in [-0.4, -0.2) is 19.6 Å². The number of ether oxygens (including phenoxy) is 1. The molecule has 0 saturated heterocycles. The molecule has 0 bridgehead atoms. The predicted octanol–water partition coefficient (Wildman–Crippen LogP) is 6.22. The minimum absolute atomic E-state index is 0.136. The highest BCUT2D eigenvalue weighted by atomic mass is 79.9. The molecule has 2 aromatic carbocycles. The van der Waals surface area contributed by atoms with Gasteiger partial charge in [-0.1, -0.05) is 71.6 Å². The lowest BCUT2D eigenvalue weighted by Crippen LogP contribution is -2.36. The Kier molecular flexibility index (Phi) is 7.87. The van der Waals surface area contributed by atoms with Gasteiger partial charge in [0, 0.05) is 23.2 Å². The molecule has 0 aromatic heterocycles. The minimum Gasteiger partial charge on any atom is -0.381 e. The van der Waals surface area contributed by atoms with E-state index in [1.165, 1.54) is 6.42 Å². The second kappa shape index (κ2) is 10.6. The summed E-state index contributed by atoms with van der Waals surface area (Å²) in [5.41, 5.74) is 3.16. The summed E-state index contributed by atoms with van der Waals surface area (Å²) in [5.74, 6) is 0.387. The Balaban J connectivity index is 1.87. The Hall–Kier alpha value is -1.91. The van der Waals surface area contributed by atoms with E-state index in [0.29, 0.717) is 13.2 Å². The van der Waals surface area contributed by atoms with Gasteiger partial charge in [-0.15, -0.1) is 0 Å². The molecule has 1 saturated carbocycles. The van der Waals surface area contributed by atoms with Crippen LogP contribution in [0.5, 0.6) is 0 Å². The van der Waals surface area contributed by atoms with Crippen molar-refractivity contribution in [1.29, 1.82) is 0 Å². The highest BCUT2D eigenvalue weighted by Gasteiger charge is 2.27. The van der Waals surface area contributed by atoms with E-state index in [9.17, 15) is 4.79 Å². The van der Waals surface area contributed by atoms with Gasteiger partial charge in [0.1, 0.15) is 0 Å². The molecule has 4 heteroatoms. The van der Waals surface area contributed by atoms with Gasteiger partial charge in [0.25, 0.3) is 0 Å². The van der Waals surface area contributed by atoms with Crippen LogP contribution in [0, 0.1) is 5.92 Å². The Bertz CT molecular complexity index is 795. The second-order valence-corrected chi connectivity index (χ2v) is 8.25. The number of amides is 1. The lowest BCUT2D eigenvalue weighted by molar-refractivity contribution is -0.123.